The molecule has 6 nitrogen and oxygen atoms in total. The van der Waals surface area contributed by atoms with Gasteiger partial charge in [-0.05, 0) is 19.1 Å². The van der Waals surface area contributed by atoms with Gasteiger partial charge in [-0.2, -0.15) is 0 Å². The van der Waals surface area contributed by atoms with E-state index in [4.69, 9.17) is 4.52 Å². The summed E-state index contributed by atoms with van der Waals surface area (Å²) in [5, 5.41) is 8.10. The highest BCUT2D eigenvalue weighted by molar-refractivity contribution is 8.00. The van der Waals surface area contributed by atoms with Gasteiger partial charge in [-0.1, -0.05) is 30.3 Å². The molecule has 1 unspecified atom stereocenters. The van der Waals surface area contributed by atoms with Gasteiger partial charge in [-0.15, -0.1) is 11.8 Å². The summed E-state index contributed by atoms with van der Waals surface area (Å²) in [4.78, 5) is 10.5. The molecular formula is C20H29N5OS. The first-order valence-corrected chi connectivity index (χ1v) is 10.3. The summed E-state index contributed by atoms with van der Waals surface area (Å²) in [7, 11) is 1.86. The van der Waals surface area contributed by atoms with E-state index in [1.807, 2.05) is 31.8 Å². The Morgan fingerprint density at radius 2 is 2.00 bits per heavy atom. The standard InChI is InChI=1S/C20H29N5OS/c1-16-13-18(23-26-16)15-24-9-11-25(12-10-24)20(21-3)22-14-17(2)27-19-7-5-4-6-8-19/h4-8,13,17H,9-12,14-15H2,1-3H3,(H,21,22). The van der Waals surface area contributed by atoms with Crippen LogP contribution in [0.1, 0.15) is 18.4 Å². The first kappa shape index (κ1) is 19.8. The number of aryl methyl sites for hydroxylation is 1. The summed E-state index contributed by atoms with van der Waals surface area (Å²) in [5.41, 5.74) is 1.01. The van der Waals surface area contributed by atoms with E-state index < -0.39 is 0 Å². The second-order valence-electron chi connectivity index (χ2n) is 6.86. The lowest BCUT2D eigenvalue weighted by molar-refractivity contribution is 0.169. The van der Waals surface area contributed by atoms with E-state index in [-0.39, 0.29) is 0 Å². The molecule has 1 aliphatic heterocycles. The zero-order valence-corrected chi connectivity index (χ0v) is 17.2. The van der Waals surface area contributed by atoms with E-state index >= 15 is 0 Å². The van der Waals surface area contributed by atoms with Crippen LogP contribution in [0.3, 0.4) is 0 Å². The molecule has 0 radical (unpaired) electrons. The molecule has 2 heterocycles. The third-order valence-corrected chi connectivity index (χ3v) is 5.69. The molecule has 27 heavy (non-hydrogen) atoms. The number of aromatic nitrogens is 1. The molecule has 146 valence electrons. The third-order valence-electron chi connectivity index (χ3n) is 4.57. The quantitative estimate of drug-likeness (QED) is 0.467. The van der Waals surface area contributed by atoms with E-state index in [0.29, 0.717) is 5.25 Å². The highest BCUT2D eigenvalue weighted by Gasteiger charge is 2.20. The van der Waals surface area contributed by atoms with Crippen LogP contribution < -0.4 is 5.32 Å². The molecule has 1 aromatic heterocycles. The summed E-state index contributed by atoms with van der Waals surface area (Å²) in [5.74, 6) is 1.86. The van der Waals surface area contributed by atoms with Crippen LogP contribution in [-0.4, -0.2) is 65.9 Å². The van der Waals surface area contributed by atoms with Crippen molar-refractivity contribution in [2.75, 3.05) is 39.8 Å². The van der Waals surface area contributed by atoms with Crippen LogP contribution in [0.5, 0.6) is 0 Å². The number of nitrogens with zero attached hydrogens (tertiary/aromatic N) is 4. The highest BCUT2D eigenvalue weighted by atomic mass is 32.2. The van der Waals surface area contributed by atoms with Gasteiger partial charge < -0.3 is 14.7 Å². The van der Waals surface area contributed by atoms with Crippen molar-refractivity contribution < 1.29 is 4.52 Å². The van der Waals surface area contributed by atoms with Crippen molar-refractivity contribution >= 4 is 17.7 Å². The molecule has 3 rings (SSSR count). The Kier molecular flexibility index (Phi) is 7.18. The van der Waals surface area contributed by atoms with Gasteiger partial charge in [-0.25, -0.2) is 0 Å². The lowest BCUT2D eigenvalue weighted by atomic mass is 10.3. The topological polar surface area (TPSA) is 56.9 Å². The average molecular weight is 388 g/mol. The van der Waals surface area contributed by atoms with Crippen LogP contribution in [0.15, 0.2) is 50.8 Å². The fourth-order valence-corrected chi connectivity index (χ4v) is 4.13. The molecule has 0 bridgehead atoms. The zero-order chi connectivity index (χ0) is 19.1. The second kappa shape index (κ2) is 9.80. The van der Waals surface area contributed by atoms with Crippen molar-refractivity contribution in [1.82, 2.24) is 20.3 Å². The Bertz CT molecular complexity index is 725. The molecule has 0 amide bonds. The number of hydrogen-bond donors (Lipinski definition) is 1. The molecule has 7 heteroatoms. The normalized spacial score (nSPS) is 17.1. The minimum absolute atomic E-state index is 0.473. The largest absolute Gasteiger partial charge is 0.361 e. The number of thioether (sulfide) groups is 1. The monoisotopic (exact) mass is 387 g/mol. The van der Waals surface area contributed by atoms with E-state index in [1.165, 1.54) is 4.90 Å². The molecule has 1 aromatic carbocycles. The molecule has 0 spiro atoms. The maximum Gasteiger partial charge on any atom is 0.193 e. The molecule has 0 aliphatic carbocycles. The van der Waals surface area contributed by atoms with Gasteiger partial charge in [0.1, 0.15) is 5.76 Å². The fourth-order valence-electron chi connectivity index (χ4n) is 3.18. The van der Waals surface area contributed by atoms with Crippen LogP contribution in [0.2, 0.25) is 0 Å². The molecule has 1 saturated heterocycles. The maximum atomic E-state index is 5.16. The van der Waals surface area contributed by atoms with E-state index in [0.717, 1.165) is 56.7 Å². The first-order chi connectivity index (χ1) is 13.1. The zero-order valence-electron chi connectivity index (χ0n) is 16.4. The van der Waals surface area contributed by atoms with E-state index in [1.54, 1.807) is 0 Å². The lowest BCUT2D eigenvalue weighted by Crippen LogP contribution is -2.52. The van der Waals surface area contributed by atoms with Gasteiger partial charge in [0.2, 0.25) is 0 Å². The van der Waals surface area contributed by atoms with Gasteiger partial charge in [0, 0.05) is 62.5 Å². The van der Waals surface area contributed by atoms with Gasteiger partial charge in [-0.3, -0.25) is 9.89 Å². The number of benzene rings is 1. The first-order valence-electron chi connectivity index (χ1n) is 9.46. The van der Waals surface area contributed by atoms with Gasteiger partial charge in [0.05, 0.1) is 5.69 Å². The van der Waals surface area contributed by atoms with E-state index in [2.05, 4.69) is 62.5 Å². The fraction of sp³-hybridized carbons (Fsp3) is 0.500. The number of guanidine groups is 1. The van der Waals surface area contributed by atoms with Gasteiger partial charge in [0.25, 0.3) is 0 Å². The smallest absolute Gasteiger partial charge is 0.193 e. The minimum atomic E-state index is 0.473. The number of rotatable bonds is 6. The van der Waals surface area contributed by atoms with E-state index in [9.17, 15) is 0 Å². The van der Waals surface area contributed by atoms with Crippen molar-refractivity contribution in [2.45, 2.75) is 30.5 Å². The molecule has 1 atom stereocenters. The molecule has 2 aromatic rings. The van der Waals surface area contributed by atoms with Crippen LogP contribution in [0, 0.1) is 6.92 Å². The predicted octanol–water partition coefficient (Wildman–Crippen LogP) is 2.86. The summed E-state index contributed by atoms with van der Waals surface area (Å²) in [6.07, 6.45) is 0. The van der Waals surface area contributed by atoms with Crippen molar-refractivity contribution in [3.63, 3.8) is 0 Å². The number of piperazine rings is 1. The average Bonchev–Trinajstić information content (AvgIpc) is 3.09. The van der Waals surface area contributed by atoms with Crippen LogP contribution in [0.25, 0.3) is 0 Å². The summed E-state index contributed by atoms with van der Waals surface area (Å²) < 4.78 is 5.16. The molecule has 1 aliphatic rings. The van der Waals surface area contributed by atoms with Crippen molar-refractivity contribution in [1.29, 1.82) is 0 Å². The molecule has 0 saturated carbocycles. The minimum Gasteiger partial charge on any atom is -0.361 e. The van der Waals surface area contributed by atoms with Crippen LogP contribution >= 0.6 is 11.8 Å². The Labute approximate surface area is 166 Å². The molecule has 1 N–H and O–H groups in total. The van der Waals surface area contributed by atoms with Crippen LogP contribution in [-0.2, 0) is 6.54 Å². The van der Waals surface area contributed by atoms with Crippen molar-refractivity contribution in [3.05, 3.63) is 47.9 Å². The Morgan fingerprint density at radius 3 is 2.63 bits per heavy atom. The predicted molar refractivity (Wildman–Crippen MR) is 111 cm³/mol. The highest BCUT2D eigenvalue weighted by Crippen LogP contribution is 2.22. The maximum absolute atomic E-state index is 5.16. The van der Waals surface area contributed by atoms with Crippen LogP contribution in [0.4, 0.5) is 0 Å². The number of hydrogen-bond acceptors (Lipinski definition) is 5. The van der Waals surface area contributed by atoms with Crippen molar-refractivity contribution in [2.24, 2.45) is 4.99 Å². The second-order valence-corrected chi connectivity index (χ2v) is 8.37. The molecular weight excluding hydrogens is 358 g/mol. The summed E-state index contributed by atoms with van der Waals surface area (Å²) in [6.45, 7) is 9.86. The number of nitrogens with one attached hydrogen (secondary N) is 1. The SMILES string of the molecule is CN=C(NCC(C)Sc1ccccc1)N1CCN(Cc2cc(C)on2)CC1. The Balaban J connectivity index is 1.42. The lowest BCUT2D eigenvalue weighted by Gasteiger charge is -2.36. The molecule has 1 fully saturated rings. The van der Waals surface area contributed by atoms with Gasteiger partial charge >= 0.3 is 0 Å². The number of aliphatic imine (C=N–C) groups is 1. The Morgan fingerprint density at radius 1 is 1.26 bits per heavy atom. The summed E-state index contributed by atoms with van der Waals surface area (Å²) in [6, 6.07) is 12.6. The van der Waals surface area contributed by atoms with Gasteiger partial charge in [0.15, 0.2) is 5.96 Å². The summed E-state index contributed by atoms with van der Waals surface area (Å²) >= 11 is 1.89. The Hall–Kier alpha value is -1.99. The third kappa shape index (κ3) is 6.01. The van der Waals surface area contributed by atoms with Crippen molar-refractivity contribution in [3.8, 4) is 0 Å².